The third-order valence-corrected chi connectivity index (χ3v) is 4.84. The van der Waals surface area contributed by atoms with Crippen LogP contribution in [0.25, 0.3) is 0 Å². The lowest BCUT2D eigenvalue weighted by atomic mass is 9.80. The Hall–Kier alpha value is -3.19. The number of ether oxygens (including phenoxy) is 4. The fourth-order valence-electron chi connectivity index (χ4n) is 3.23. The first-order chi connectivity index (χ1) is 14.5. The minimum atomic E-state index is -1.62. The molecule has 0 amide bonds. The summed E-state index contributed by atoms with van der Waals surface area (Å²) in [6, 6.07) is 9.75. The molecule has 1 aromatic rings. The van der Waals surface area contributed by atoms with E-state index in [4.69, 9.17) is 14.2 Å². The summed E-state index contributed by atoms with van der Waals surface area (Å²) in [5.74, 6) is -2.08. The Balaban J connectivity index is 2.24. The topological polar surface area (TPSA) is 88.1 Å². The monoisotopic (exact) mass is 414 g/mol. The zero-order chi connectivity index (χ0) is 22.0. The third kappa shape index (κ3) is 5.45. The lowest BCUT2D eigenvalue weighted by Crippen LogP contribution is -2.40. The van der Waals surface area contributed by atoms with Crippen molar-refractivity contribution < 1.29 is 33.3 Å². The Morgan fingerprint density at radius 2 is 1.63 bits per heavy atom. The van der Waals surface area contributed by atoms with E-state index in [1.807, 2.05) is 42.5 Å². The second-order valence-electron chi connectivity index (χ2n) is 6.63. The molecule has 1 aliphatic rings. The van der Waals surface area contributed by atoms with Crippen LogP contribution < -0.4 is 0 Å². The summed E-state index contributed by atoms with van der Waals surface area (Å²) in [5.41, 5.74) is 0.321. The van der Waals surface area contributed by atoms with Gasteiger partial charge in [0.1, 0.15) is 6.10 Å². The molecule has 2 rings (SSSR count). The summed E-state index contributed by atoms with van der Waals surface area (Å²) in [6.07, 6.45) is 7.78. The molecule has 1 atom stereocenters. The number of benzene rings is 1. The van der Waals surface area contributed by atoms with Gasteiger partial charge in [-0.15, -0.1) is 0 Å². The van der Waals surface area contributed by atoms with Crippen LogP contribution in [0.2, 0.25) is 0 Å². The highest BCUT2D eigenvalue weighted by Gasteiger charge is 2.46. The van der Waals surface area contributed by atoms with Crippen molar-refractivity contribution in [1.82, 2.24) is 0 Å². The fourth-order valence-corrected chi connectivity index (χ4v) is 3.23. The molecule has 7 heteroatoms. The second-order valence-corrected chi connectivity index (χ2v) is 6.63. The van der Waals surface area contributed by atoms with Crippen LogP contribution in [-0.4, -0.2) is 45.8 Å². The van der Waals surface area contributed by atoms with Gasteiger partial charge in [0, 0.05) is 6.08 Å². The summed E-state index contributed by atoms with van der Waals surface area (Å²) >= 11 is 0. The number of esters is 3. The lowest BCUT2D eigenvalue weighted by Gasteiger charge is -2.25. The van der Waals surface area contributed by atoms with Gasteiger partial charge in [-0.1, -0.05) is 54.6 Å². The molecule has 1 aliphatic heterocycles. The Labute approximate surface area is 175 Å². The van der Waals surface area contributed by atoms with E-state index < -0.39 is 23.3 Å². The fraction of sp³-hybridized carbons (Fsp3) is 0.348. The Kier molecular flexibility index (Phi) is 8.55. The van der Waals surface area contributed by atoms with Crippen LogP contribution in [0.3, 0.4) is 0 Å². The van der Waals surface area contributed by atoms with Crippen molar-refractivity contribution in [2.75, 3.05) is 27.9 Å². The van der Waals surface area contributed by atoms with Crippen LogP contribution in [0.4, 0.5) is 0 Å². The van der Waals surface area contributed by atoms with Crippen molar-refractivity contribution in [2.45, 2.75) is 18.9 Å². The predicted molar refractivity (Wildman–Crippen MR) is 109 cm³/mol. The molecule has 0 radical (unpaired) electrons. The minimum absolute atomic E-state index is 0.0245. The number of methoxy groups -OCH3 is 3. The predicted octanol–water partition coefficient (Wildman–Crippen LogP) is 3.08. The number of hydrogen-bond acceptors (Lipinski definition) is 7. The molecule has 7 nitrogen and oxygen atoms in total. The van der Waals surface area contributed by atoms with Crippen molar-refractivity contribution in [3.05, 3.63) is 71.8 Å². The summed E-state index contributed by atoms with van der Waals surface area (Å²) in [6.45, 7) is 0.472. The van der Waals surface area contributed by atoms with E-state index in [0.29, 0.717) is 6.61 Å². The van der Waals surface area contributed by atoms with Gasteiger partial charge in [-0.3, -0.25) is 9.59 Å². The van der Waals surface area contributed by atoms with Gasteiger partial charge in [0.2, 0.25) is 0 Å². The van der Waals surface area contributed by atoms with Crippen LogP contribution in [-0.2, 0) is 33.3 Å². The van der Waals surface area contributed by atoms with Crippen molar-refractivity contribution in [3.63, 3.8) is 0 Å². The van der Waals surface area contributed by atoms with Gasteiger partial charge < -0.3 is 18.9 Å². The summed E-state index contributed by atoms with van der Waals surface area (Å²) in [5, 5.41) is 0. The standard InChI is InChI=1S/C23H26O7/c1-27-19(24)12-8-15-23(21(25)28-2,22(26)29-3)14-7-11-18-13-16-30-20(18)17-9-5-4-6-10-17/h4-13,20H,14-16H2,1-3H3/b11-7+,12-8+. The van der Waals surface area contributed by atoms with E-state index in [-0.39, 0.29) is 18.9 Å². The molecule has 0 saturated carbocycles. The van der Waals surface area contributed by atoms with E-state index in [9.17, 15) is 14.4 Å². The molecule has 0 bridgehead atoms. The maximum Gasteiger partial charge on any atom is 0.330 e. The molecule has 1 unspecified atom stereocenters. The SMILES string of the molecule is COC(=O)/C=C/CC(C/C=C/C1=CCOC1c1ccccc1)(C(=O)OC)C(=O)OC. The molecule has 0 fully saturated rings. The van der Waals surface area contributed by atoms with Gasteiger partial charge in [-0.25, -0.2) is 4.79 Å². The maximum atomic E-state index is 12.5. The van der Waals surface area contributed by atoms with Gasteiger partial charge in [-0.05, 0) is 24.0 Å². The van der Waals surface area contributed by atoms with Crippen LogP contribution in [0, 0.1) is 5.41 Å². The lowest BCUT2D eigenvalue weighted by molar-refractivity contribution is -0.168. The highest BCUT2D eigenvalue weighted by Crippen LogP contribution is 2.34. The molecule has 1 heterocycles. The quantitative estimate of drug-likeness (QED) is 0.266. The Morgan fingerprint density at radius 1 is 1.00 bits per heavy atom. The molecule has 0 saturated heterocycles. The largest absolute Gasteiger partial charge is 0.468 e. The van der Waals surface area contributed by atoms with E-state index in [2.05, 4.69) is 4.74 Å². The molecule has 0 N–H and O–H groups in total. The van der Waals surface area contributed by atoms with Crippen LogP contribution in [0.1, 0.15) is 24.5 Å². The normalized spacial score (nSPS) is 16.5. The first-order valence-electron chi connectivity index (χ1n) is 9.43. The number of carbonyl (C=O) groups excluding carboxylic acids is 3. The van der Waals surface area contributed by atoms with E-state index in [0.717, 1.165) is 17.2 Å². The van der Waals surface area contributed by atoms with Gasteiger partial charge in [-0.2, -0.15) is 0 Å². The van der Waals surface area contributed by atoms with Crippen molar-refractivity contribution in [3.8, 4) is 0 Å². The number of rotatable bonds is 9. The number of carbonyl (C=O) groups is 3. The van der Waals surface area contributed by atoms with Gasteiger partial charge >= 0.3 is 17.9 Å². The highest BCUT2D eigenvalue weighted by molar-refractivity contribution is 6.00. The van der Waals surface area contributed by atoms with Crippen LogP contribution >= 0.6 is 0 Å². The minimum Gasteiger partial charge on any atom is -0.468 e. The molecular formula is C23H26O7. The third-order valence-electron chi connectivity index (χ3n) is 4.84. The molecule has 0 aromatic heterocycles. The van der Waals surface area contributed by atoms with Crippen molar-refractivity contribution in [1.29, 1.82) is 0 Å². The first kappa shape index (κ1) is 23.1. The zero-order valence-electron chi connectivity index (χ0n) is 17.3. The number of hydrogen-bond donors (Lipinski definition) is 0. The van der Waals surface area contributed by atoms with Crippen LogP contribution in [0.5, 0.6) is 0 Å². The van der Waals surface area contributed by atoms with E-state index in [1.54, 1.807) is 6.08 Å². The maximum absolute atomic E-state index is 12.5. The van der Waals surface area contributed by atoms with Crippen molar-refractivity contribution in [2.24, 2.45) is 5.41 Å². The summed E-state index contributed by atoms with van der Waals surface area (Å²) in [4.78, 5) is 36.5. The summed E-state index contributed by atoms with van der Waals surface area (Å²) in [7, 11) is 3.64. The zero-order valence-corrected chi connectivity index (χ0v) is 17.3. The molecular weight excluding hydrogens is 388 g/mol. The van der Waals surface area contributed by atoms with Crippen molar-refractivity contribution >= 4 is 17.9 Å². The average molecular weight is 414 g/mol. The molecule has 160 valence electrons. The molecule has 0 aliphatic carbocycles. The molecule has 0 spiro atoms. The Bertz CT molecular complexity index is 820. The van der Waals surface area contributed by atoms with Gasteiger partial charge in [0.05, 0.1) is 27.9 Å². The average Bonchev–Trinajstić information content (AvgIpc) is 3.25. The smallest absolute Gasteiger partial charge is 0.330 e. The molecule has 30 heavy (non-hydrogen) atoms. The highest BCUT2D eigenvalue weighted by atomic mass is 16.5. The Morgan fingerprint density at radius 3 is 2.23 bits per heavy atom. The van der Waals surface area contributed by atoms with E-state index >= 15 is 0 Å². The van der Waals surface area contributed by atoms with Gasteiger partial charge in [0.15, 0.2) is 5.41 Å². The second kappa shape index (κ2) is 11.1. The van der Waals surface area contributed by atoms with E-state index in [1.165, 1.54) is 27.4 Å². The first-order valence-corrected chi connectivity index (χ1v) is 9.43. The number of allylic oxidation sites excluding steroid dienone is 2. The van der Waals surface area contributed by atoms with Crippen LogP contribution in [0.15, 0.2) is 66.3 Å². The molecule has 1 aromatic carbocycles. The summed E-state index contributed by atoms with van der Waals surface area (Å²) < 4.78 is 20.1. The van der Waals surface area contributed by atoms with Gasteiger partial charge in [0.25, 0.3) is 0 Å².